The molecule has 0 bridgehead atoms. The molecule has 1 atom stereocenters. The largest absolute Gasteiger partial charge is 0.478 e. The fourth-order valence-electron chi connectivity index (χ4n) is 2.79. The van der Waals surface area contributed by atoms with Crippen molar-refractivity contribution in [2.75, 3.05) is 6.54 Å². The number of piperidine rings is 1. The zero-order chi connectivity index (χ0) is 18.5. The number of unbranched alkanes of at least 4 members (excludes halogenated alkanes) is 5. The Kier molecular flexibility index (Phi) is 10.4. The van der Waals surface area contributed by atoms with E-state index >= 15 is 0 Å². The first-order chi connectivity index (χ1) is 11.9. The molecule has 0 spiro atoms. The highest BCUT2D eigenvalue weighted by atomic mass is 16.6. The van der Waals surface area contributed by atoms with Crippen LogP contribution in [-0.2, 0) is 9.47 Å². The Morgan fingerprint density at radius 1 is 1.12 bits per heavy atom. The molecule has 144 valence electrons. The van der Waals surface area contributed by atoms with Gasteiger partial charge in [0.1, 0.15) is 5.60 Å². The van der Waals surface area contributed by atoms with Crippen molar-refractivity contribution in [3.05, 3.63) is 24.5 Å². The molecule has 1 rings (SSSR count). The van der Waals surface area contributed by atoms with Crippen LogP contribution in [0.5, 0.6) is 0 Å². The Labute approximate surface area is 154 Å². The first-order valence-electron chi connectivity index (χ1n) is 9.91. The Morgan fingerprint density at radius 2 is 1.88 bits per heavy atom. The first-order valence-corrected chi connectivity index (χ1v) is 9.91. The highest BCUT2D eigenvalue weighted by Crippen LogP contribution is 2.21. The molecule has 4 nitrogen and oxygen atoms in total. The van der Waals surface area contributed by atoms with Crippen LogP contribution in [0.4, 0.5) is 4.79 Å². The third kappa shape index (κ3) is 10.2. The van der Waals surface area contributed by atoms with Crippen molar-refractivity contribution in [3.8, 4) is 0 Å². The van der Waals surface area contributed by atoms with E-state index in [1.165, 1.54) is 32.1 Å². The summed E-state index contributed by atoms with van der Waals surface area (Å²) < 4.78 is 11.3. The van der Waals surface area contributed by atoms with Crippen molar-refractivity contribution < 1.29 is 14.3 Å². The van der Waals surface area contributed by atoms with Crippen molar-refractivity contribution in [3.63, 3.8) is 0 Å². The van der Waals surface area contributed by atoms with Crippen LogP contribution in [0.25, 0.3) is 0 Å². The van der Waals surface area contributed by atoms with Crippen LogP contribution in [0, 0.1) is 0 Å². The topological polar surface area (TPSA) is 38.8 Å². The summed E-state index contributed by atoms with van der Waals surface area (Å²) >= 11 is 0. The summed E-state index contributed by atoms with van der Waals surface area (Å²) in [6.45, 7) is 8.59. The van der Waals surface area contributed by atoms with E-state index in [0.717, 1.165) is 25.7 Å². The van der Waals surface area contributed by atoms with Crippen molar-refractivity contribution in [2.45, 2.75) is 97.3 Å². The fourth-order valence-corrected chi connectivity index (χ4v) is 2.79. The maximum Gasteiger partial charge on any atom is 0.413 e. The molecule has 1 unspecified atom stereocenters. The smallest absolute Gasteiger partial charge is 0.413 e. The number of rotatable bonds is 9. The lowest BCUT2D eigenvalue weighted by atomic mass is 10.1. The van der Waals surface area contributed by atoms with Crippen LogP contribution in [0.1, 0.15) is 85.5 Å². The van der Waals surface area contributed by atoms with E-state index in [4.69, 9.17) is 9.47 Å². The highest BCUT2D eigenvalue weighted by molar-refractivity contribution is 5.68. The number of likely N-dealkylation sites (tertiary alicyclic amines) is 1. The number of carbonyl (C=O) groups excluding carboxylic acids is 1. The summed E-state index contributed by atoms with van der Waals surface area (Å²) in [6.07, 6.45) is 17.9. The molecule has 0 aromatic rings. The summed E-state index contributed by atoms with van der Waals surface area (Å²) in [4.78, 5) is 14.0. The molecule has 4 heteroatoms. The van der Waals surface area contributed by atoms with Crippen LogP contribution in [0.3, 0.4) is 0 Å². The molecule has 0 aromatic carbocycles. The standard InChI is InChI=1S/C21H37NO3/c1-5-6-7-8-9-10-11-12-15-18-24-19-16-13-14-17-22(19)20(23)25-21(2,3)4/h11-12,15,18-19H,5-10,13-14,16-17H2,1-4H3/b12-11+,18-15-. The van der Waals surface area contributed by atoms with Gasteiger partial charge in [-0.3, -0.25) is 4.90 Å². The van der Waals surface area contributed by atoms with Crippen LogP contribution < -0.4 is 0 Å². The number of hydrogen-bond donors (Lipinski definition) is 0. The van der Waals surface area contributed by atoms with E-state index in [9.17, 15) is 4.79 Å². The number of hydrogen-bond acceptors (Lipinski definition) is 3. The van der Waals surface area contributed by atoms with Crippen molar-refractivity contribution >= 4 is 6.09 Å². The van der Waals surface area contributed by atoms with E-state index < -0.39 is 5.60 Å². The lowest BCUT2D eigenvalue weighted by Gasteiger charge is -2.35. The third-order valence-corrected chi connectivity index (χ3v) is 4.11. The summed E-state index contributed by atoms with van der Waals surface area (Å²) in [6, 6.07) is 0. The average Bonchev–Trinajstić information content (AvgIpc) is 2.55. The zero-order valence-electron chi connectivity index (χ0n) is 16.6. The van der Waals surface area contributed by atoms with E-state index in [1.807, 2.05) is 32.9 Å². The third-order valence-electron chi connectivity index (χ3n) is 4.11. The molecular formula is C21H37NO3. The lowest BCUT2D eigenvalue weighted by Crippen LogP contribution is -2.46. The number of allylic oxidation sites excluding steroid dienone is 3. The van der Waals surface area contributed by atoms with Gasteiger partial charge in [-0.2, -0.15) is 0 Å². The number of ether oxygens (including phenoxy) is 2. The van der Waals surface area contributed by atoms with Crippen molar-refractivity contribution in [1.29, 1.82) is 0 Å². The first kappa shape index (κ1) is 21.6. The van der Waals surface area contributed by atoms with Gasteiger partial charge < -0.3 is 9.47 Å². The van der Waals surface area contributed by atoms with Crippen LogP contribution >= 0.6 is 0 Å². The molecule has 0 aliphatic carbocycles. The van der Waals surface area contributed by atoms with Gasteiger partial charge in [-0.15, -0.1) is 0 Å². The van der Waals surface area contributed by atoms with Gasteiger partial charge in [-0.25, -0.2) is 4.79 Å². The van der Waals surface area contributed by atoms with Gasteiger partial charge in [0.05, 0.1) is 6.26 Å². The summed E-state index contributed by atoms with van der Waals surface area (Å²) in [7, 11) is 0. The second-order valence-corrected chi connectivity index (χ2v) is 7.72. The molecule has 0 N–H and O–H groups in total. The summed E-state index contributed by atoms with van der Waals surface area (Å²) in [5.41, 5.74) is -0.477. The molecule has 1 fully saturated rings. The van der Waals surface area contributed by atoms with Gasteiger partial charge in [0, 0.05) is 13.0 Å². The fraction of sp³-hybridized carbons (Fsp3) is 0.762. The minimum absolute atomic E-state index is 0.220. The number of carbonyl (C=O) groups is 1. The molecule has 0 radical (unpaired) electrons. The Morgan fingerprint density at radius 3 is 2.60 bits per heavy atom. The normalized spacial score (nSPS) is 18.9. The molecule has 0 saturated carbocycles. The second kappa shape index (κ2) is 12.0. The highest BCUT2D eigenvalue weighted by Gasteiger charge is 2.30. The molecule has 1 heterocycles. The lowest BCUT2D eigenvalue weighted by molar-refractivity contribution is -0.0511. The minimum atomic E-state index is -0.477. The van der Waals surface area contributed by atoms with E-state index in [1.54, 1.807) is 11.2 Å². The molecule has 1 amide bonds. The van der Waals surface area contributed by atoms with Gasteiger partial charge >= 0.3 is 6.09 Å². The Balaban J connectivity index is 2.31. The molecule has 1 aliphatic rings. The molecule has 1 aliphatic heterocycles. The van der Waals surface area contributed by atoms with Crippen molar-refractivity contribution in [2.24, 2.45) is 0 Å². The molecular weight excluding hydrogens is 314 g/mol. The zero-order valence-corrected chi connectivity index (χ0v) is 16.6. The van der Waals surface area contributed by atoms with Gasteiger partial charge in [0.2, 0.25) is 0 Å². The van der Waals surface area contributed by atoms with E-state index in [2.05, 4.69) is 13.0 Å². The maximum absolute atomic E-state index is 12.3. The van der Waals surface area contributed by atoms with E-state index in [0.29, 0.717) is 6.54 Å². The average molecular weight is 352 g/mol. The minimum Gasteiger partial charge on any atom is -0.478 e. The monoisotopic (exact) mass is 351 g/mol. The van der Waals surface area contributed by atoms with Gasteiger partial charge in [0.25, 0.3) is 0 Å². The van der Waals surface area contributed by atoms with Crippen LogP contribution in [0.15, 0.2) is 24.5 Å². The molecule has 0 aromatic heterocycles. The van der Waals surface area contributed by atoms with Crippen LogP contribution in [-0.4, -0.2) is 29.4 Å². The second-order valence-electron chi connectivity index (χ2n) is 7.72. The maximum atomic E-state index is 12.3. The van der Waals surface area contributed by atoms with Gasteiger partial charge in [-0.1, -0.05) is 44.8 Å². The Bertz CT molecular complexity index is 423. The summed E-state index contributed by atoms with van der Waals surface area (Å²) in [5.74, 6) is 0. The predicted molar refractivity (Wildman–Crippen MR) is 103 cm³/mol. The summed E-state index contributed by atoms with van der Waals surface area (Å²) in [5, 5.41) is 0. The SMILES string of the molecule is CCCCCCC/C=C/C=C\OC1CCCCN1C(=O)OC(C)(C)C. The van der Waals surface area contributed by atoms with Crippen LogP contribution in [0.2, 0.25) is 0 Å². The van der Waals surface area contributed by atoms with Crippen molar-refractivity contribution in [1.82, 2.24) is 4.90 Å². The molecule has 25 heavy (non-hydrogen) atoms. The van der Waals surface area contributed by atoms with E-state index in [-0.39, 0.29) is 12.3 Å². The quantitative estimate of drug-likeness (QED) is 0.283. The van der Waals surface area contributed by atoms with Gasteiger partial charge in [0.15, 0.2) is 6.23 Å². The molecule has 1 saturated heterocycles. The number of amides is 1. The predicted octanol–water partition coefficient (Wildman–Crippen LogP) is 6.18. The number of nitrogens with zero attached hydrogens (tertiary/aromatic N) is 1. The Hall–Kier alpha value is -1.45. The van der Waals surface area contributed by atoms with Gasteiger partial charge in [-0.05, 0) is 52.5 Å².